The lowest BCUT2D eigenvalue weighted by atomic mass is 9.69. The molecule has 3 heteroatoms. The van der Waals surface area contributed by atoms with Gasteiger partial charge in [0.15, 0.2) is 0 Å². The minimum Gasteiger partial charge on any atom is -0.376 e. The van der Waals surface area contributed by atoms with E-state index < -0.39 is 0 Å². The van der Waals surface area contributed by atoms with Gasteiger partial charge in [-0.1, -0.05) is 6.92 Å². The van der Waals surface area contributed by atoms with Gasteiger partial charge in [-0.25, -0.2) is 0 Å². The van der Waals surface area contributed by atoms with Gasteiger partial charge in [0.05, 0.1) is 16.8 Å². The topological polar surface area (TPSA) is 27.7 Å². The zero-order valence-electron chi connectivity index (χ0n) is 16.7. The van der Waals surface area contributed by atoms with E-state index in [1.165, 1.54) is 0 Å². The van der Waals surface area contributed by atoms with Crippen molar-refractivity contribution >= 4 is 0 Å². The summed E-state index contributed by atoms with van der Waals surface area (Å²) in [4.78, 5) is 0. The van der Waals surface area contributed by atoms with Crippen molar-refractivity contribution in [3.63, 3.8) is 0 Å². The Morgan fingerprint density at radius 3 is 1.50 bits per heavy atom. The molecule has 0 heterocycles. The van der Waals surface area contributed by atoms with E-state index in [1.807, 2.05) is 0 Å². The summed E-state index contributed by atoms with van der Waals surface area (Å²) >= 11 is 0. The third-order valence-electron chi connectivity index (χ3n) is 4.87. The van der Waals surface area contributed by atoms with E-state index in [9.17, 15) is 0 Å². The van der Waals surface area contributed by atoms with Crippen LogP contribution >= 0.6 is 0 Å². The first-order valence-electron chi connectivity index (χ1n) is 8.85. The Morgan fingerprint density at radius 1 is 0.682 bits per heavy atom. The van der Waals surface area contributed by atoms with Crippen LogP contribution < -0.4 is 0 Å². The number of ether oxygens (including phenoxy) is 3. The fourth-order valence-corrected chi connectivity index (χ4v) is 3.47. The Morgan fingerprint density at radius 2 is 1.09 bits per heavy atom. The first-order valence-corrected chi connectivity index (χ1v) is 8.85. The summed E-state index contributed by atoms with van der Waals surface area (Å²) in [5, 5.41) is 0. The maximum atomic E-state index is 6.10. The third kappa shape index (κ3) is 6.55. The van der Waals surface area contributed by atoms with Crippen LogP contribution in [0.2, 0.25) is 0 Å². The van der Waals surface area contributed by atoms with Crippen molar-refractivity contribution in [2.75, 3.05) is 19.8 Å². The highest BCUT2D eigenvalue weighted by Crippen LogP contribution is 2.41. The molecule has 0 saturated heterocycles. The van der Waals surface area contributed by atoms with E-state index in [1.54, 1.807) is 0 Å². The van der Waals surface area contributed by atoms with E-state index in [4.69, 9.17) is 14.2 Å². The quantitative estimate of drug-likeness (QED) is 0.532. The molecule has 3 nitrogen and oxygen atoms in total. The summed E-state index contributed by atoms with van der Waals surface area (Å²) in [6.07, 6.45) is 0.950. The Balaban J connectivity index is 5.42. The van der Waals surface area contributed by atoms with Gasteiger partial charge in [0.1, 0.15) is 0 Å². The van der Waals surface area contributed by atoms with Crippen LogP contribution in [0.3, 0.4) is 0 Å². The van der Waals surface area contributed by atoms with E-state index >= 15 is 0 Å². The second-order valence-corrected chi connectivity index (χ2v) is 7.86. The predicted octanol–water partition coefficient (Wildman–Crippen LogP) is 5.07. The first kappa shape index (κ1) is 21.9. The molecule has 0 amide bonds. The molecule has 0 saturated carbocycles. The van der Waals surface area contributed by atoms with Crippen molar-refractivity contribution in [3.05, 3.63) is 0 Å². The Labute approximate surface area is 139 Å². The van der Waals surface area contributed by atoms with Crippen LogP contribution in [0.4, 0.5) is 0 Å². The Kier molecular flexibility index (Phi) is 8.61. The van der Waals surface area contributed by atoms with Gasteiger partial charge in [0.25, 0.3) is 0 Å². The molecule has 0 N–H and O–H groups in total. The average molecular weight is 317 g/mol. The van der Waals surface area contributed by atoms with Crippen molar-refractivity contribution in [2.24, 2.45) is 11.8 Å². The van der Waals surface area contributed by atoms with E-state index in [-0.39, 0.29) is 16.8 Å². The van der Waals surface area contributed by atoms with Crippen LogP contribution in [0.5, 0.6) is 0 Å². The Hall–Kier alpha value is -0.120. The molecule has 0 fully saturated rings. The molecule has 0 aromatic heterocycles. The molecule has 0 bridgehead atoms. The molecular formula is C19H40O3. The fourth-order valence-electron chi connectivity index (χ4n) is 3.47. The summed E-state index contributed by atoms with van der Waals surface area (Å²) in [6, 6.07) is 0. The highest BCUT2D eigenvalue weighted by atomic mass is 16.5. The minimum absolute atomic E-state index is 0.162. The van der Waals surface area contributed by atoms with E-state index in [2.05, 4.69) is 69.2 Å². The number of rotatable bonds is 11. The third-order valence-corrected chi connectivity index (χ3v) is 4.87. The summed E-state index contributed by atoms with van der Waals surface area (Å²) in [7, 11) is 0. The molecule has 0 rings (SSSR count). The molecule has 134 valence electrons. The van der Waals surface area contributed by atoms with Crippen LogP contribution in [0, 0.1) is 11.8 Å². The maximum Gasteiger partial charge on any atom is 0.0659 e. The second kappa shape index (κ2) is 8.65. The smallest absolute Gasteiger partial charge is 0.0659 e. The molecule has 2 unspecified atom stereocenters. The maximum absolute atomic E-state index is 6.10. The Bertz CT molecular complexity index is 308. The first-order chi connectivity index (χ1) is 9.93. The SMILES string of the molecule is CCOC(C)(C)CC(C(C)C(C)(C)OCC)C(C)(C)OCC. The lowest BCUT2D eigenvalue weighted by molar-refractivity contribution is -0.148. The van der Waals surface area contributed by atoms with Crippen LogP contribution in [-0.2, 0) is 14.2 Å². The molecule has 0 radical (unpaired) electrons. The van der Waals surface area contributed by atoms with Gasteiger partial charge in [-0.15, -0.1) is 0 Å². The summed E-state index contributed by atoms with van der Waals surface area (Å²) < 4.78 is 18.1. The number of hydrogen-bond donors (Lipinski definition) is 0. The lowest BCUT2D eigenvalue weighted by Crippen LogP contribution is -2.49. The lowest BCUT2D eigenvalue weighted by Gasteiger charge is -2.47. The molecule has 2 atom stereocenters. The monoisotopic (exact) mass is 316 g/mol. The van der Waals surface area contributed by atoms with Gasteiger partial charge < -0.3 is 14.2 Å². The molecule has 0 aliphatic heterocycles. The largest absolute Gasteiger partial charge is 0.376 e. The van der Waals surface area contributed by atoms with Crippen LogP contribution in [0.25, 0.3) is 0 Å². The highest BCUT2D eigenvalue weighted by molar-refractivity contribution is 4.94. The van der Waals surface area contributed by atoms with Crippen LogP contribution in [0.1, 0.15) is 75.7 Å². The van der Waals surface area contributed by atoms with Crippen LogP contribution in [0.15, 0.2) is 0 Å². The van der Waals surface area contributed by atoms with E-state index in [0.29, 0.717) is 11.8 Å². The van der Waals surface area contributed by atoms with E-state index in [0.717, 1.165) is 26.2 Å². The average Bonchev–Trinajstić information content (AvgIpc) is 2.34. The second-order valence-electron chi connectivity index (χ2n) is 7.86. The van der Waals surface area contributed by atoms with Crippen molar-refractivity contribution < 1.29 is 14.2 Å². The van der Waals surface area contributed by atoms with Gasteiger partial charge in [0, 0.05) is 19.8 Å². The predicted molar refractivity (Wildman–Crippen MR) is 94.4 cm³/mol. The normalized spacial score (nSPS) is 16.6. The zero-order valence-corrected chi connectivity index (χ0v) is 16.7. The molecule has 0 aromatic carbocycles. The molecule has 22 heavy (non-hydrogen) atoms. The van der Waals surface area contributed by atoms with Gasteiger partial charge in [-0.05, 0) is 80.6 Å². The van der Waals surface area contributed by atoms with Gasteiger partial charge in [0.2, 0.25) is 0 Å². The molecule has 0 aliphatic rings. The van der Waals surface area contributed by atoms with Gasteiger partial charge >= 0.3 is 0 Å². The standard InChI is InChI=1S/C19H40O3/c1-11-20-17(5,6)14-16(19(9,10)22-13-3)15(4)18(7,8)21-12-2/h15-16H,11-14H2,1-10H3. The van der Waals surface area contributed by atoms with Gasteiger partial charge in [-0.3, -0.25) is 0 Å². The summed E-state index contributed by atoms with van der Waals surface area (Å²) in [5.41, 5.74) is -0.558. The minimum atomic E-state index is -0.211. The van der Waals surface area contributed by atoms with Crippen molar-refractivity contribution in [1.29, 1.82) is 0 Å². The van der Waals surface area contributed by atoms with Crippen LogP contribution in [-0.4, -0.2) is 36.6 Å². The molecule has 0 aromatic rings. The molecule has 0 spiro atoms. The highest BCUT2D eigenvalue weighted by Gasteiger charge is 2.44. The zero-order chi connectivity index (χ0) is 17.6. The van der Waals surface area contributed by atoms with Crippen molar-refractivity contribution in [1.82, 2.24) is 0 Å². The van der Waals surface area contributed by atoms with Crippen molar-refractivity contribution in [2.45, 2.75) is 92.5 Å². The summed E-state index contributed by atoms with van der Waals surface area (Å²) in [6.45, 7) is 23.7. The molecular weight excluding hydrogens is 276 g/mol. The molecule has 0 aliphatic carbocycles. The van der Waals surface area contributed by atoms with Crippen molar-refractivity contribution in [3.8, 4) is 0 Å². The number of hydrogen-bond acceptors (Lipinski definition) is 3. The fraction of sp³-hybridized carbons (Fsp3) is 1.00. The summed E-state index contributed by atoms with van der Waals surface area (Å²) in [5.74, 6) is 0.698. The van der Waals surface area contributed by atoms with Gasteiger partial charge in [-0.2, -0.15) is 0 Å².